The van der Waals surface area contributed by atoms with Crippen LogP contribution in [0.1, 0.15) is 33.2 Å². The monoisotopic (exact) mass is 448 g/mol. The van der Waals surface area contributed by atoms with Crippen LogP contribution in [0.25, 0.3) is 0 Å². The molecule has 0 fully saturated rings. The number of amides is 2. The highest BCUT2D eigenvalue weighted by molar-refractivity contribution is 7.94. The summed E-state index contributed by atoms with van der Waals surface area (Å²) in [5.74, 6) is -0.501. The van der Waals surface area contributed by atoms with E-state index in [0.717, 1.165) is 10.5 Å². The van der Waals surface area contributed by atoms with Crippen LogP contribution in [0, 0.1) is 6.92 Å². The zero-order valence-electron chi connectivity index (χ0n) is 17.5. The average Bonchev–Trinajstić information content (AvgIpc) is 2.77. The van der Waals surface area contributed by atoms with Gasteiger partial charge in [0, 0.05) is 11.1 Å². The molecule has 162 valence electrons. The highest BCUT2D eigenvalue weighted by Crippen LogP contribution is 2.37. The molecule has 0 aliphatic carbocycles. The molecule has 0 unspecified atom stereocenters. The predicted molar refractivity (Wildman–Crippen MR) is 121 cm³/mol. The molecule has 8 heteroatoms. The molecule has 32 heavy (non-hydrogen) atoms. The van der Waals surface area contributed by atoms with Gasteiger partial charge in [0.25, 0.3) is 10.0 Å². The number of hydrogen-bond donors (Lipinski definition) is 0. The smallest absolute Gasteiger partial charge is 0.295 e. The third kappa shape index (κ3) is 3.69. The third-order valence-electron chi connectivity index (χ3n) is 5.26. The number of para-hydroxylation sites is 1. The number of ketones is 2. The van der Waals surface area contributed by atoms with Gasteiger partial charge < -0.3 is 0 Å². The maximum Gasteiger partial charge on any atom is 0.343 e. The number of Topliss-reactive ketones (excluding diaryl/α,β-unsaturated/α-hetero) is 2. The molecule has 4 rings (SSSR count). The van der Waals surface area contributed by atoms with Crippen molar-refractivity contribution in [3.63, 3.8) is 0 Å². The van der Waals surface area contributed by atoms with Crippen molar-refractivity contribution in [1.82, 2.24) is 0 Å². The fraction of sp³-hybridized carbons (Fsp3) is 0.125. The molecule has 0 N–H and O–H groups in total. The van der Waals surface area contributed by atoms with Crippen LogP contribution in [-0.2, 0) is 10.0 Å². The molecule has 3 aromatic rings. The molecule has 0 radical (unpaired) electrons. The maximum atomic E-state index is 13.4. The minimum atomic E-state index is -4.21. The second-order valence-electron chi connectivity index (χ2n) is 7.50. The Morgan fingerprint density at radius 2 is 1.44 bits per heavy atom. The number of sulfonamides is 1. The molecule has 0 bridgehead atoms. The van der Waals surface area contributed by atoms with Crippen molar-refractivity contribution in [3.8, 4) is 0 Å². The zero-order chi connectivity index (χ0) is 23.0. The summed E-state index contributed by atoms with van der Waals surface area (Å²) in [6.45, 7) is 2.97. The highest BCUT2D eigenvalue weighted by Gasteiger charge is 2.43. The number of hydrogen-bond acceptors (Lipinski definition) is 5. The van der Waals surface area contributed by atoms with E-state index in [1.807, 2.05) is 6.92 Å². The first-order valence-electron chi connectivity index (χ1n) is 9.87. The Hall–Kier alpha value is -3.78. The summed E-state index contributed by atoms with van der Waals surface area (Å²) in [5, 5.41) is 0. The SMILES string of the molecule is CC(=O)c1ccc(N2C(=O)N(CC(=O)c3ccc(C)cc3)c3ccccc3S2(=O)=O)cc1. The zero-order valence-corrected chi connectivity index (χ0v) is 18.3. The predicted octanol–water partition coefficient (Wildman–Crippen LogP) is 4.22. The largest absolute Gasteiger partial charge is 0.343 e. The van der Waals surface area contributed by atoms with Crippen LogP contribution >= 0.6 is 0 Å². The quantitative estimate of drug-likeness (QED) is 0.545. The molecule has 1 heterocycles. The van der Waals surface area contributed by atoms with Gasteiger partial charge in [-0.3, -0.25) is 14.5 Å². The lowest BCUT2D eigenvalue weighted by molar-refractivity contribution is 0.0996. The Morgan fingerprint density at radius 1 is 0.844 bits per heavy atom. The van der Waals surface area contributed by atoms with Gasteiger partial charge in [0.15, 0.2) is 11.6 Å². The Labute approximate surface area is 185 Å². The molecule has 0 aromatic heterocycles. The minimum absolute atomic E-state index is 0.0769. The van der Waals surface area contributed by atoms with Crippen molar-refractivity contribution in [2.75, 3.05) is 15.7 Å². The lowest BCUT2D eigenvalue weighted by atomic mass is 10.1. The minimum Gasteiger partial charge on any atom is -0.295 e. The van der Waals surface area contributed by atoms with Crippen molar-refractivity contribution in [2.45, 2.75) is 18.7 Å². The van der Waals surface area contributed by atoms with E-state index in [2.05, 4.69) is 0 Å². The number of nitrogens with zero attached hydrogens (tertiary/aromatic N) is 2. The fourth-order valence-electron chi connectivity index (χ4n) is 3.52. The summed E-state index contributed by atoms with van der Waals surface area (Å²) in [5.41, 5.74) is 2.04. The van der Waals surface area contributed by atoms with Crippen molar-refractivity contribution < 1.29 is 22.8 Å². The summed E-state index contributed by atoms with van der Waals surface area (Å²) in [4.78, 5) is 39.0. The van der Waals surface area contributed by atoms with Gasteiger partial charge in [0.1, 0.15) is 4.90 Å². The van der Waals surface area contributed by atoms with Gasteiger partial charge >= 0.3 is 6.03 Å². The van der Waals surface area contributed by atoms with Crippen LogP contribution in [0.2, 0.25) is 0 Å². The lowest BCUT2D eigenvalue weighted by Gasteiger charge is -2.35. The molecule has 0 saturated heterocycles. The Morgan fingerprint density at radius 3 is 2.06 bits per heavy atom. The summed E-state index contributed by atoms with van der Waals surface area (Å²) in [6, 6.07) is 17.9. The molecule has 1 aliphatic rings. The molecule has 1 aliphatic heterocycles. The highest BCUT2D eigenvalue weighted by atomic mass is 32.2. The van der Waals surface area contributed by atoms with E-state index in [4.69, 9.17) is 0 Å². The molecular formula is C24H20N2O5S. The summed E-state index contributed by atoms with van der Waals surface area (Å²) < 4.78 is 27.3. The van der Waals surface area contributed by atoms with Gasteiger partial charge in [-0.1, -0.05) is 42.0 Å². The Balaban J connectivity index is 1.78. The van der Waals surface area contributed by atoms with E-state index >= 15 is 0 Å². The first-order chi connectivity index (χ1) is 15.2. The number of benzene rings is 3. The molecule has 0 spiro atoms. The van der Waals surface area contributed by atoms with Gasteiger partial charge in [-0.25, -0.2) is 13.2 Å². The van der Waals surface area contributed by atoms with Crippen LogP contribution in [0.4, 0.5) is 16.2 Å². The van der Waals surface area contributed by atoms with Gasteiger partial charge in [-0.05, 0) is 50.2 Å². The van der Waals surface area contributed by atoms with Gasteiger partial charge in [0.2, 0.25) is 0 Å². The maximum absolute atomic E-state index is 13.4. The lowest BCUT2D eigenvalue weighted by Crippen LogP contribution is -2.52. The first kappa shape index (κ1) is 21.5. The van der Waals surface area contributed by atoms with E-state index in [-0.39, 0.29) is 34.4 Å². The Bertz CT molecular complexity index is 1330. The van der Waals surface area contributed by atoms with E-state index in [1.165, 1.54) is 43.3 Å². The van der Waals surface area contributed by atoms with Gasteiger partial charge in [-0.15, -0.1) is 0 Å². The van der Waals surface area contributed by atoms with Gasteiger partial charge in [-0.2, -0.15) is 4.31 Å². The normalized spacial score (nSPS) is 14.8. The topological polar surface area (TPSA) is 91.8 Å². The first-order valence-corrected chi connectivity index (χ1v) is 11.3. The summed E-state index contributed by atoms with van der Waals surface area (Å²) in [6.07, 6.45) is 0. The van der Waals surface area contributed by atoms with Gasteiger partial charge in [0.05, 0.1) is 17.9 Å². The molecule has 0 atom stereocenters. The molecule has 3 aromatic carbocycles. The molecular weight excluding hydrogens is 428 g/mol. The number of aryl methyl sites for hydroxylation is 1. The standard InChI is InChI=1S/C24H20N2O5S/c1-16-7-9-19(10-8-16)22(28)15-25-21-5-3-4-6-23(21)32(30,31)26(24(25)29)20-13-11-18(12-14-20)17(2)27/h3-14H,15H2,1-2H3. The molecule has 7 nitrogen and oxygen atoms in total. The summed E-state index contributed by atoms with van der Waals surface area (Å²) >= 11 is 0. The number of anilines is 2. The third-order valence-corrected chi connectivity index (χ3v) is 7.01. The number of carbonyl (C=O) groups is 3. The van der Waals surface area contributed by atoms with E-state index in [0.29, 0.717) is 15.4 Å². The summed E-state index contributed by atoms with van der Waals surface area (Å²) in [7, 11) is -4.21. The van der Waals surface area contributed by atoms with Crippen molar-refractivity contribution in [1.29, 1.82) is 0 Å². The van der Waals surface area contributed by atoms with Crippen molar-refractivity contribution in [2.24, 2.45) is 0 Å². The molecule has 0 saturated carbocycles. The van der Waals surface area contributed by atoms with Crippen LogP contribution < -0.4 is 9.21 Å². The van der Waals surface area contributed by atoms with E-state index < -0.39 is 16.1 Å². The Kier molecular flexibility index (Phi) is 5.40. The number of urea groups is 1. The van der Waals surface area contributed by atoms with E-state index in [1.54, 1.807) is 36.4 Å². The van der Waals surface area contributed by atoms with Crippen LogP contribution in [0.5, 0.6) is 0 Å². The van der Waals surface area contributed by atoms with Crippen LogP contribution in [-0.4, -0.2) is 32.6 Å². The molecule has 2 amide bonds. The second kappa shape index (κ2) is 8.05. The fourth-order valence-corrected chi connectivity index (χ4v) is 5.11. The number of fused-ring (bicyclic) bond motifs is 1. The van der Waals surface area contributed by atoms with Crippen LogP contribution in [0.3, 0.4) is 0 Å². The van der Waals surface area contributed by atoms with Crippen LogP contribution in [0.15, 0.2) is 77.7 Å². The number of carbonyl (C=O) groups excluding carboxylic acids is 3. The van der Waals surface area contributed by atoms with Crippen molar-refractivity contribution >= 4 is 39.0 Å². The van der Waals surface area contributed by atoms with E-state index in [9.17, 15) is 22.8 Å². The number of rotatable bonds is 5. The van der Waals surface area contributed by atoms with Crippen molar-refractivity contribution in [3.05, 3.63) is 89.5 Å². The average molecular weight is 449 g/mol. The second-order valence-corrected chi connectivity index (χ2v) is 9.25.